The summed E-state index contributed by atoms with van der Waals surface area (Å²) in [6.07, 6.45) is 0.615. The zero-order valence-electron chi connectivity index (χ0n) is 12.5. The van der Waals surface area contributed by atoms with Crippen LogP contribution in [0.25, 0.3) is 0 Å². The number of amides is 2. The van der Waals surface area contributed by atoms with E-state index in [-0.39, 0.29) is 24.6 Å². The van der Waals surface area contributed by atoms with Gasteiger partial charge in [-0.3, -0.25) is 9.59 Å². The number of benzene rings is 1. The summed E-state index contributed by atoms with van der Waals surface area (Å²) < 4.78 is 18.3. The van der Waals surface area contributed by atoms with Gasteiger partial charge in [0.1, 0.15) is 0 Å². The molecule has 6 heteroatoms. The molecule has 0 radical (unpaired) electrons. The minimum atomic E-state index is -0.790. The summed E-state index contributed by atoms with van der Waals surface area (Å²) in [5, 5.41) is 2.65. The second-order valence-corrected chi connectivity index (χ2v) is 5.49. The van der Waals surface area contributed by atoms with Gasteiger partial charge in [-0.15, -0.1) is 0 Å². The third-order valence-electron chi connectivity index (χ3n) is 3.25. The second-order valence-electron chi connectivity index (χ2n) is 5.49. The molecule has 1 aromatic carbocycles. The quantitative estimate of drug-likeness (QED) is 0.798. The first-order chi connectivity index (χ1) is 9.76. The highest BCUT2D eigenvalue weighted by Gasteiger charge is 2.25. The first-order valence-corrected chi connectivity index (χ1v) is 6.65. The predicted molar refractivity (Wildman–Crippen MR) is 77.3 cm³/mol. The van der Waals surface area contributed by atoms with Gasteiger partial charge in [-0.2, -0.15) is 0 Å². The van der Waals surface area contributed by atoms with E-state index in [9.17, 15) is 14.0 Å². The lowest BCUT2D eigenvalue weighted by Gasteiger charge is -2.20. The zero-order chi connectivity index (χ0) is 16.0. The van der Waals surface area contributed by atoms with Crippen molar-refractivity contribution in [3.05, 3.63) is 29.6 Å². The molecule has 0 fully saturated rings. The fraction of sp³-hybridized carbons (Fsp3) is 0.467. The van der Waals surface area contributed by atoms with Gasteiger partial charge in [-0.05, 0) is 38.0 Å². The van der Waals surface area contributed by atoms with Crippen molar-refractivity contribution in [2.75, 3.05) is 13.7 Å². The molecule has 0 heterocycles. The van der Waals surface area contributed by atoms with Crippen LogP contribution in [0.1, 0.15) is 25.8 Å². The van der Waals surface area contributed by atoms with Gasteiger partial charge in [0.2, 0.25) is 11.8 Å². The minimum absolute atomic E-state index is 0.173. The first kappa shape index (κ1) is 16.9. The van der Waals surface area contributed by atoms with Crippen LogP contribution in [0, 0.1) is 11.2 Å². The molecule has 21 heavy (non-hydrogen) atoms. The van der Waals surface area contributed by atoms with Gasteiger partial charge in [0, 0.05) is 13.0 Å². The summed E-state index contributed by atoms with van der Waals surface area (Å²) in [6.45, 7) is 3.50. The molecular weight excluding hydrogens is 275 g/mol. The van der Waals surface area contributed by atoms with E-state index in [4.69, 9.17) is 10.5 Å². The van der Waals surface area contributed by atoms with Gasteiger partial charge in [0.25, 0.3) is 0 Å². The smallest absolute Gasteiger partial charge is 0.224 e. The molecule has 1 rings (SSSR count). The van der Waals surface area contributed by atoms with E-state index in [1.807, 2.05) is 0 Å². The van der Waals surface area contributed by atoms with Gasteiger partial charge in [0.05, 0.1) is 12.5 Å². The summed E-state index contributed by atoms with van der Waals surface area (Å²) in [5.41, 5.74) is 5.14. The van der Waals surface area contributed by atoms with Crippen LogP contribution in [-0.2, 0) is 16.0 Å². The molecule has 0 unspecified atom stereocenters. The topological polar surface area (TPSA) is 81.4 Å². The Morgan fingerprint density at radius 3 is 2.57 bits per heavy atom. The van der Waals surface area contributed by atoms with E-state index in [0.29, 0.717) is 12.0 Å². The number of nitrogens with two attached hydrogens (primary N) is 1. The number of methoxy groups -OCH3 is 1. The molecule has 116 valence electrons. The van der Waals surface area contributed by atoms with Crippen LogP contribution in [0.3, 0.4) is 0 Å². The Morgan fingerprint density at radius 1 is 1.38 bits per heavy atom. The van der Waals surface area contributed by atoms with Gasteiger partial charge >= 0.3 is 0 Å². The molecule has 5 nitrogen and oxygen atoms in total. The van der Waals surface area contributed by atoms with Crippen LogP contribution in [0.15, 0.2) is 18.2 Å². The summed E-state index contributed by atoms with van der Waals surface area (Å²) in [6, 6.07) is 4.58. The van der Waals surface area contributed by atoms with E-state index in [1.54, 1.807) is 19.9 Å². The molecule has 1 aromatic rings. The lowest BCUT2D eigenvalue weighted by molar-refractivity contribution is -0.127. The second kappa shape index (κ2) is 7.06. The minimum Gasteiger partial charge on any atom is -0.494 e. The number of ether oxygens (including phenoxy) is 1. The molecule has 0 bridgehead atoms. The van der Waals surface area contributed by atoms with Crippen molar-refractivity contribution in [2.45, 2.75) is 26.7 Å². The molecule has 3 N–H and O–H groups in total. The Bertz CT molecular complexity index is 530. The Labute approximate surface area is 123 Å². The van der Waals surface area contributed by atoms with Crippen molar-refractivity contribution in [2.24, 2.45) is 11.1 Å². The number of primary amides is 1. The summed E-state index contributed by atoms with van der Waals surface area (Å²) in [7, 11) is 1.39. The molecule has 0 saturated carbocycles. The number of hydrogen-bond acceptors (Lipinski definition) is 3. The molecule has 0 aliphatic rings. The fourth-order valence-electron chi connectivity index (χ4n) is 1.62. The van der Waals surface area contributed by atoms with Gasteiger partial charge in [0.15, 0.2) is 11.6 Å². The van der Waals surface area contributed by atoms with Gasteiger partial charge in [-0.1, -0.05) is 6.07 Å². The molecule has 2 amide bonds. The van der Waals surface area contributed by atoms with Crippen LogP contribution in [0.5, 0.6) is 5.75 Å². The van der Waals surface area contributed by atoms with Crippen LogP contribution < -0.4 is 15.8 Å². The largest absolute Gasteiger partial charge is 0.494 e. The summed E-state index contributed by atoms with van der Waals surface area (Å²) >= 11 is 0. The molecule has 0 atom stereocenters. The SMILES string of the molecule is COc1ccc(CCC(=O)NCC(C)(C)C(N)=O)cc1F. The van der Waals surface area contributed by atoms with Crippen molar-refractivity contribution in [3.8, 4) is 5.75 Å². The van der Waals surface area contributed by atoms with Crippen molar-refractivity contribution in [1.29, 1.82) is 0 Å². The Kier molecular flexibility index (Phi) is 5.69. The first-order valence-electron chi connectivity index (χ1n) is 6.65. The van der Waals surface area contributed by atoms with E-state index in [0.717, 1.165) is 0 Å². The zero-order valence-corrected chi connectivity index (χ0v) is 12.5. The standard InChI is InChI=1S/C15H21FN2O3/c1-15(2,14(17)20)9-18-13(19)7-5-10-4-6-12(21-3)11(16)8-10/h4,6,8H,5,7,9H2,1-3H3,(H2,17,20)(H,18,19). The van der Waals surface area contributed by atoms with E-state index in [1.165, 1.54) is 19.2 Å². The Hall–Kier alpha value is -2.11. The molecule has 0 saturated heterocycles. The third-order valence-corrected chi connectivity index (χ3v) is 3.25. The van der Waals surface area contributed by atoms with E-state index in [2.05, 4.69) is 5.32 Å². The average molecular weight is 296 g/mol. The highest BCUT2D eigenvalue weighted by atomic mass is 19.1. The third kappa shape index (κ3) is 5.06. The van der Waals surface area contributed by atoms with Gasteiger partial charge in [-0.25, -0.2) is 4.39 Å². The van der Waals surface area contributed by atoms with Crippen LogP contribution >= 0.6 is 0 Å². The monoisotopic (exact) mass is 296 g/mol. The van der Waals surface area contributed by atoms with Crippen molar-refractivity contribution in [3.63, 3.8) is 0 Å². The summed E-state index contributed by atoms with van der Waals surface area (Å²) in [4.78, 5) is 22.8. The number of carbonyl (C=O) groups excluding carboxylic acids is 2. The maximum atomic E-state index is 13.5. The Morgan fingerprint density at radius 2 is 2.05 bits per heavy atom. The Balaban J connectivity index is 2.47. The molecule has 0 aliphatic heterocycles. The van der Waals surface area contributed by atoms with Crippen LogP contribution in [0.2, 0.25) is 0 Å². The van der Waals surface area contributed by atoms with Crippen molar-refractivity contribution in [1.82, 2.24) is 5.32 Å². The number of nitrogens with one attached hydrogen (secondary N) is 1. The van der Waals surface area contributed by atoms with Crippen LogP contribution in [-0.4, -0.2) is 25.5 Å². The maximum absolute atomic E-state index is 13.5. The molecule has 0 spiro atoms. The van der Waals surface area contributed by atoms with Crippen molar-refractivity contribution >= 4 is 11.8 Å². The highest BCUT2D eigenvalue weighted by Crippen LogP contribution is 2.18. The molecule has 0 aliphatic carbocycles. The normalized spacial score (nSPS) is 11.0. The average Bonchev–Trinajstić information content (AvgIpc) is 2.43. The maximum Gasteiger partial charge on any atom is 0.224 e. The summed E-state index contributed by atoms with van der Waals surface area (Å²) in [5.74, 6) is -0.961. The van der Waals surface area contributed by atoms with E-state index < -0.39 is 17.1 Å². The predicted octanol–water partition coefficient (Wildman–Crippen LogP) is 1.39. The lowest BCUT2D eigenvalue weighted by atomic mass is 9.93. The number of aryl methyl sites for hydroxylation is 1. The number of carbonyl (C=O) groups is 2. The fourth-order valence-corrected chi connectivity index (χ4v) is 1.62. The number of halogens is 1. The van der Waals surface area contributed by atoms with Crippen molar-refractivity contribution < 1.29 is 18.7 Å². The van der Waals surface area contributed by atoms with E-state index >= 15 is 0 Å². The van der Waals surface area contributed by atoms with Gasteiger partial charge < -0.3 is 15.8 Å². The molecular formula is C15H21FN2O3. The lowest BCUT2D eigenvalue weighted by Crippen LogP contribution is -2.42. The number of rotatable bonds is 7. The number of hydrogen-bond donors (Lipinski definition) is 2. The van der Waals surface area contributed by atoms with Crippen LogP contribution in [0.4, 0.5) is 4.39 Å². The molecule has 0 aromatic heterocycles. The highest BCUT2D eigenvalue weighted by molar-refractivity contribution is 5.82.